The van der Waals surface area contributed by atoms with Gasteiger partial charge in [0.05, 0.1) is 18.5 Å². The molecule has 0 spiro atoms. The van der Waals surface area contributed by atoms with Crippen LogP contribution in [0.2, 0.25) is 0 Å². The molecule has 0 bridgehead atoms. The minimum atomic E-state index is -4.48. The molecule has 6 nitrogen and oxygen atoms in total. The molecule has 0 aliphatic carbocycles. The van der Waals surface area contributed by atoms with Gasteiger partial charge in [-0.1, -0.05) is 30.3 Å². The number of carbonyl (C=O) groups excluding carboxylic acids is 1. The third kappa shape index (κ3) is 3.70. The molecule has 31 heavy (non-hydrogen) atoms. The summed E-state index contributed by atoms with van der Waals surface area (Å²) in [6, 6.07) is 18.0. The SMILES string of the molecule is COC(=O)c1c(S(=O)(=O)N(c2ccc(F)cc2)c2ccccc2Br)oc2ccccc12. The van der Waals surface area contributed by atoms with E-state index in [2.05, 4.69) is 15.9 Å². The van der Waals surface area contributed by atoms with Gasteiger partial charge in [-0.15, -0.1) is 0 Å². The van der Waals surface area contributed by atoms with E-state index >= 15 is 0 Å². The van der Waals surface area contributed by atoms with Crippen LogP contribution in [0.15, 0.2) is 86.8 Å². The summed E-state index contributed by atoms with van der Waals surface area (Å²) in [5, 5.41) is -0.264. The van der Waals surface area contributed by atoms with Crippen LogP contribution in [0.25, 0.3) is 11.0 Å². The van der Waals surface area contributed by atoms with E-state index in [1.165, 1.54) is 12.1 Å². The van der Waals surface area contributed by atoms with Crippen molar-refractivity contribution in [2.24, 2.45) is 0 Å². The number of methoxy groups -OCH3 is 1. The van der Waals surface area contributed by atoms with Crippen LogP contribution in [0.3, 0.4) is 0 Å². The molecule has 0 unspecified atom stereocenters. The summed E-state index contributed by atoms with van der Waals surface area (Å²) >= 11 is 3.37. The van der Waals surface area contributed by atoms with Gasteiger partial charge in [0, 0.05) is 9.86 Å². The summed E-state index contributed by atoms with van der Waals surface area (Å²) in [7, 11) is -3.32. The van der Waals surface area contributed by atoms with Crippen molar-refractivity contribution in [1.82, 2.24) is 0 Å². The number of ether oxygens (including phenoxy) is 1. The van der Waals surface area contributed by atoms with Crippen LogP contribution in [0.1, 0.15) is 10.4 Å². The number of hydrogen-bond acceptors (Lipinski definition) is 5. The molecule has 0 N–H and O–H groups in total. The second kappa shape index (κ2) is 8.16. The van der Waals surface area contributed by atoms with Crippen LogP contribution in [0.4, 0.5) is 15.8 Å². The number of nitrogens with zero attached hydrogens (tertiary/aromatic N) is 1. The Bertz CT molecular complexity index is 1380. The summed E-state index contributed by atoms with van der Waals surface area (Å²) < 4.78 is 53.3. The Labute approximate surface area is 186 Å². The number of para-hydroxylation sites is 2. The number of hydrogen-bond donors (Lipinski definition) is 0. The van der Waals surface area contributed by atoms with Gasteiger partial charge in [0.25, 0.3) is 5.09 Å². The van der Waals surface area contributed by atoms with Crippen LogP contribution in [-0.4, -0.2) is 21.5 Å². The smallest absolute Gasteiger partial charge is 0.343 e. The molecule has 1 aromatic heterocycles. The van der Waals surface area contributed by atoms with Crippen LogP contribution < -0.4 is 4.31 Å². The van der Waals surface area contributed by atoms with Gasteiger partial charge in [0.1, 0.15) is 17.0 Å². The molecule has 158 valence electrons. The lowest BCUT2D eigenvalue weighted by atomic mass is 10.2. The number of esters is 1. The lowest BCUT2D eigenvalue weighted by Gasteiger charge is -2.24. The van der Waals surface area contributed by atoms with Crippen LogP contribution >= 0.6 is 15.9 Å². The van der Waals surface area contributed by atoms with E-state index in [1.54, 1.807) is 48.5 Å². The van der Waals surface area contributed by atoms with Gasteiger partial charge in [-0.25, -0.2) is 13.5 Å². The minimum Gasteiger partial charge on any atom is -0.465 e. The molecular formula is C22H15BrFNO5S. The van der Waals surface area contributed by atoms with Crippen molar-refractivity contribution < 1.29 is 26.8 Å². The highest BCUT2D eigenvalue weighted by Gasteiger charge is 2.37. The number of anilines is 2. The molecular weight excluding hydrogens is 489 g/mol. The molecule has 4 aromatic rings. The minimum absolute atomic E-state index is 0.157. The molecule has 9 heteroatoms. The zero-order chi connectivity index (χ0) is 22.2. The zero-order valence-corrected chi connectivity index (χ0v) is 18.5. The summed E-state index contributed by atoms with van der Waals surface area (Å²) in [6.45, 7) is 0. The number of rotatable bonds is 5. The highest BCUT2D eigenvalue weighted by molar-refractivity contribution is 9.10. The van der Waals surface area contributed by atoms with Crippen molar-refractivity contribution in [2.45, 2.75) is 5.09 Å². The average molecular weight is 504 g/mol. The quantitative estimate of drug-likeness (QED) is 0.329. The lowest BCUT2D eigenvalue weighted by Crippen LogP contribution is -2.27. The average Bonchev–Trinajstić information content (AvgIpc) is 3.16. The Morgan fingerprint density at radius 3 is 2.32 bits per heavy atom. The molecule has 0 amide bonds. The van der Waals surface area contributed by atoms with Gasteiger partial charge in [0.2, 0.25) is 0 Å². The van der Waals surface area contributed by atoms with Gasteiger partial charge in [-0.3, -0.25) is 0 Å². The van der Waals surface area contributed by atoms with Crippen molar-refractivity contribution in [1.29, 1.82) is 0 Å². The Hall–Kier alpha value is -3.17. The van der Waals surface area contributed by atoms with Crippen molar-refractivity contribution in [3.05, 3.63) is 88.6 Å². The van der Waals surface area contributed by atoms with Crippen LogP contribution in [0, 0.1) is 5.82 Å². The number of fused-ring (bicyclic) bond motifs is 1. The third-order valence-electron chi connectivity index (χ3n) is 4.56. The zero-order valence-electron chi connectivity index (χ0n) is 16.1. The molecule has 4 rings (SSSR count). The number of carbonyl (C=O) groups is 1. The lowest BCUT2D eigenvalue weighted by molar-refractivity contribution is 0.0595. The number of benzene rings is 3. The van der Waals surface area contributed by atoms with Crippen LogP contribution in [-0.2, 0) is 14.8 Å². The van der Waals surface area contributed by atoms with E-state index in [0.717, 1.165) is 23.5 Å². The largest absolute Gasteiger partial charge is 0.465 e. The normalized spacial score (nSPS) is 11.5. The van der Waals surface area contributed by atoms with Gasteiger partial charge in [0.15, 0.2) is 0 Å². The summed E-state index contributed by atoms with van der Waals surface area (Å²) in [6.07, 6.45) is 0. The van der Waals surface area contributed by atoms with E-state index in [-0.39, 0.29) is 22.5 Å². The van der Waals surface area contributed by atoms with E-state index in [4.69, 9.17) is 9.15 Å². The fourth-order valence-corrected chi connectivity index (χ4v) is 5.39. The first-order valence-electron chi connectivity index (χ1n) is 9.00. The molecule has 1 heterocycles. The maximum absolute atomic E-state index is 13.9. The highest BCUT2D eigenvalue weighted by Crippen LogP contribution is 2.40. The molecule has 0 aliphatic heterocycles. The number of halogens is 2. The van der Waals surface area contributed by atoms with E-state index in [9.17, 15) is 17.6 Å². The summed E-state index contributed by atoms with van der Waals surface area (Å²) in [5.74, 6) is -1.37. The van der Waals surface area contributed by atoms with Crippen molar-refractivity contribution in [3.8, 4) is 0 Å². The van der Waals surface area contributed by atoms with E-state index in [0.29, 0.717) is 9.86 Å². The van der Waals surface area contributed by atoms with Gasteiger partial charge in [-0.2, -0.15) is 8.42 Å². The molecule has 3 aromatic carbocycles. The second-order valence-electron chi connectivity index (χ2n) is 6.45. The van der Waals surface area contributed by atoms with Crippen molar-refractivity contribution in [3.63, 3.8) is 0 Å². The summed E-state index contributed by atoms with van der Waals surface area (Å²) in [4.78, 5) is 12.5. The van der Waals surface area contributed by atoms with Gasteiger partial charge >= 0.3 is 16.0 Å². The Kier molecular flexibility index (Phi) is 5.55. The maximum atomic E-state index is 13.9. The van der Waals surface area contributed by atoms with E-state index in [1.807, 2.05) is 0 Å². The van der Waals surface area contributed by atoms with Crippen molar-refractivity contribution >= 4 is 54.3 Å². The molecule has 0 aliphatic rings. The Balaban J connectivity index is 2.03. The molecule has 0 radical (unpaired) electrons. The standard InChI is InChI=1S/C22H15BrFNO5S/c1-29-21(26)20-16-6-2-5-9-19(16)30-22(20)31(27,28)25(15-12-10-14(24)11-13-15)18-8-4-3-7-17(18)23/h2-13H,1H3. The highest BCUT2D eigenvalue weighted by atomic mass is 79.9. The van der Waals surface area contributed by atoms with Crippen molar-refractivity contribution in [2.75, 3.05) is 11.4 Å². The van der Waals surface area contributed by atoms with Gasteiger partial charge in [-0.05, 0) is 58.4 Å². The number of sulfonamides is 1. The predicted octanol–water partition coefficient (Wildman–Crippen LogP) is 5.65. The second-order valence-corrected chi connectivity index (χ2v) is 8.99. The predicted molar refractivity (Wildman–Crippen MR) is 117 cm³/mol. The summed E-state index contributed by atoms with van der Waals surface area (Å²) in [5.41, 5.74) is 0.417. The van der Waals surface area contributed by atoms with E-state index < -0.39 is 26.9 Å². The van der Waals surface area contributed by atoms with Gasteiger partial charge < -0.3 is 9.15 Å². The fourth-order valence-electron chi connectivity index (χ4n) is 3.18. The molecule has 0 saturated heterocycles. The monoisotopic (exact) mass is 503 g/mol. The number of furan rings is 1. The molecule has 0 atom stereocenters. The Morgan fingerprint density at radius 1 is 1.00 bits per heavy atom. The first kappa shape index (κ1) is 21.1. The third-order valence-corrected chi connectivity index (χ3v) is 6.87. The first-order valence-corrected chi connectivity index (χ1v) is 11.2. The Morgan fingerprint density at radius 2 is 1.65 bits per heavy atom. The van der Waals surface area contributed by atoms with Crippen LogP contribution in [0.5, 0.6) is 0 Å². The molecule has 0 saturated carbocycles. The topological polar surface area (TPSA) is 76.8 Å². The fraction of sp³-hybridized carbons (Fsp3) is 0.0455. The first-order chi connectivity index (χ1) is 14.8. The molecule has 0 fully saturated rings. The maximum Gasteiger partial charge on any atom is 0.343 e.